The number of nitrogens with two attached hydrogens (primary N) is 1. The maximum Gasteiger partial charge on any atom is 0.188 e. The Labute approximate surface area is 144 Å². The van der Waals surface area contributed by atoms with Crippen LogP contribution in [0, 0.1) is 5.92 Å². The van der Waals surface area contributed by atoms with Crippen LogP contribution in [-0.4, -0.2) is 25.6 Å². The van der Waals surface area contributed by atoms with E-state index in [1.165, 1.54) is 11.3 Å². The summed E-state index contributed by atoms with van der Waals surface area (Å²) >= 11 is 0. The van der Waals surface area contributed by atoms with Gasteiger partial charge in [-0.15, -0.1) is 24.0 Å². The van der Waals surface area contributed by atoms with E-state index in [0.717, 1.165) is 19.6 Å². The van der Waals surface area contributed by atoms with E-state index in [-0.39, 0.29) is 24.0 Å². The van der Waals surface area contributed by atoms with Crippen molar-refractivity contribution in [1.29, 1.82) is 0 Å². The monoisotopic (exact) mass is 400 g/mol. The lowest BCUT2D eigenvalue weighted by atomic mass is 10.2. The molecule has 0 amide bonds. The third kappa shape index (κ3) is 5.95. The molecule has 0 saturated heterocycles. The lowest BCUT2D eigenvalue weighted by Crippen LogP contribution is -2.34. The molecule has 1 aromatic rings. The molecule has 0 saturated carbocycles. The van der Waals surface area contributed by atoms with E-state index in [0.29, 0.717) is 18.4 Å². The minimum atomic E-state index is 0. The SMILES string of the molecule is CC(C)CNC(N)=NCc1ccc(N2CC=CC2)cc1.I. The van der Waals surface area contributed by atoms with E-state index in [1.54, 1.807) is 0 Å². The lowest BCUT2D eigenvalue weighted by molar-refractivity contribution is 0.622. The van der Waals surface area contributed by atoms with Gasteiger partial charge in [-0.25, -0.2) is 4.99 Å². The second-order valence-corrected chi connectivity index (χ2v) is 5.52. The summed E-state index contributed by atoms with van der Waals surface area (Å²) in [5, 5.41) is 3.12. The Morgan fingerprint density at radius 1 is 1.24 bits per heavy atom. The van der Waals surface area contributed by atoms with Crippen LogP contribution in [0.2, 0.25) is 0 Å². The predicted molar refractivity (Wildman–Crippen MR) is 101 cm³/mol. The Kier molecular flexibility index (Phi) is 7.56. The van der Waals surface area contributed by atoms with Crippen molar-refractivity contribution in [1.82, 2.24) is 5.32 Å². The minimum Gasteiger partial charge on any atom is -0.370 e. The Bertz CT molecular complexity index is 472. The van der Waals surface area contributed by atoms with Gasteiger partial charge in [0, 0.05) is 25.3 Å². The van der Waals surface area contributed by atoms with Crippen LogP contribution in [0.5, 0.6) is 0 Å². The van der Waals surface area contributed by atoms with Gasteiger partial charge in [-0.3, -0.25) is 0 Å². The molecular formula is C16H25IN4. The second-order valence-electron chi connectivity index (χ2n) is 5.52. The molecule has 0 aromatic heterocycles. The van der Waals surface area contributed by atoms with Crippen molar-refractivity contribution in [2.45, 2.75) is 20.4 Å². The Hall–Kier alpha value is -1.24. The van der Waals surface area contributed by atoms with Crippen molar-refractivity contribution in [2.75, 3.05) is 24.5 Å². The van der Waals surface area contributed by atoms with E-state index < -0.39 is 0 Å². The van der Waals surface area contributed by atoms with Crippen molar-refractivity contribution < 1.29 is 0 Å². The van der Waals surface area contributed by atoms with Gasteiger partial charge >= 0.3 is 0 Å². The fourth-order valence-corrected chi connectivity index (χ4v) is 2.04. The molecule has 116 valence electrons. The maximum atomic E-state index is 5.82. The van der Waals surface area contributed by atoms with Gasteiger partial charge in [0.05, 0.1) is 6.54 Å². The Morgan fingerprint density at radius 3 is 2.43 bits per heavy atom. The summed E-state index contributed by atoms with van der Waals surface area (Å²) < 4.78 is 0. The molecule has 1 aliphatic rings. The molecule has 1 aliphatic heterocycles. The van der Waals surface area contributed by atoms with Gasteiger partial charge < -0.3 is 16.0 Å². The molecule has 3 N–H and O–H groups in total. The zero-order valence-corrected chi connectivity index (χ0v) is 15.1. The van der Waals surface area contributed by atoms with Crippen LogP contribution in [0.1, 0.15) is 19.4 Å². The van der Waals surface area contributed by atoms with Crippen molar-refractivity contribution in [3.8, 4) is 0 Å². The van der Waals surface area contributed by atoms with Crippen molar-refractivity contribution in [3.05, 3.63) is 42.0 Å². The van der Waals surface area contributed by atoms with E-state index in [9.17, 15) is 0 Å². The highest BCUT2D eigenvalue weighted by Gasteiger charge is 2.06. The number of rotatable bonds is 5. The highest BCUT2D eigenvalue weighted by atomic mass is 127. The Morgan fingerprint density at radius 2 is 1.86 bits per heavy atom. The third-order valence-electron chi connectivity index (χ3n) is 3.24. The van der Waals surface area contributed by atoms with E-state index in [4.69, 9.17) is 5.73 Å². The van der Waals surface area contributed by atoms with Crippen LogP contribution >= 0.6 is 24.0 Å². The van der Waals surface area contributed by atoms with E-state index in [2.05, 4.69) is 65.5 Å². The number of hydrogen-bond donors (Lipinski definition) is 2. The predicted octanol–water partition coefficient (Wildman–Crippen LogP) is 2.74. The average molecular weight is 400 g/mol. The molecule has 2 rings (SSSR count). The van der Waals surface area contributed by atoms with E-state index in [1.807, 2.05) is 0 Å². The molecule has 0 radical (unpaired) electrons. The topological polar surface area (TPSA) is 53.6 Å². The summed E-state index contributed by atoms with van der Waals surface area (Å²) in [4.78, 5) is 6.68. The van der Waals surface area contributed by atoms with Crippen molar-refractivity contribution in [2.24, 2.45) is 16.6 Å². The van der Waals surface area contributed by atoms with Gasteiger partial charge in [0.1, 0.15) is 0 Å². The standard InChI is InChI=1S/C16H24N4.HI/c1-13(2)11-18-16(17)19-12-14-5-7-15(8-6-14)20-9-3-4-10-20;/h3-8,13H,9-12H2,1-2H3,(H3,17,18,19);1H. The first-order valence-electron chi connectivity index (χ1n) is 7.18. The number of nitrogens with zero attached hydrogens (tertiary/aromatic N) is 2. The molecule has 0 aliphatic carbocycles. The maximum absolute atomic E-state index is 5.82. The number of benzene rings is 1. The molecule has 0 fully saturated rings. The molecule has 0 spiro atoms. The number of halogens is 1. The molecule has 21 heavy (non-hydrogen) atoms. The molecule has 5 heteroatoms. The molecule has 4 nitrogen and oxygen atoms in total. The summed E-state index contributed by atoms with van der Waals surface area (Å²) in [6, 6.07) is 8.53. The van der Waals surface area contributed by atoms with Gasteiger partial charge in [0.15, 0.2) is 5.96 Å². The molecular weight excluding hydrogens is 375 g/mol. The summed E-state index contributed by atoms with van der Waals surface area (Å²) in [6.07, 6.45) is 4.39. The van der Waals surface area contributed by atoms with Gasteiger partial charge in [-0.1, -0.05) is 38.1 Å². The van der Waals surface area contributed by atoms with Crippen LogP contribution in [-0.2, 0) is 6.54 Å². The zero-order chi connectivity index (χ0) is 14.4. The summed E-state index contributed by atoms with van der Waals surface area (Å²) in [5.74, 6) is 1.09. The van der Waals surface area contributed by atoms with Crippen LogP contribution in [0.3, 0.4) is 0 Å². The van der Waals surface area contributed by atoms with Crippen LogP contribution in [0.15, 0.2) is 41.4 Å². The van der Waals surface area contributed by atoms with Gasteiger partial charge in [-0.05, 0) is 23.6 Å². The highest BCUT2D eigenvalue weighted by Crippen LogP contribution is 2.17. The number of anilines is 1. The third-order valence-corrected chi connectivity index (χ3v) is 3.24. The first kappa shape index (κ1) is 17.8. The summed E-state index contributed by atoms with van der Waals surface area (Å²) in [6.45, 7) is 7.78. The first-order chi connectivity index (χ1) is 9.65. The van der Waals surface area contributed by atoms with Gasteiger partial charge in [0.25, 0.3) is 0 Å². The highest BCUT2D eigenvalue weighted by molar-refractivity contribution is 14.0. The van der Waals surface area contributed by atoms with Crippen LogP contribution in [0.25, 0.3) is 0 Å². The average Bonchev–Trinajstić information content (AvgIpc) is 2.97. The van der Waals surface area contributed by atoms with Gasteiger partial charge in [0.2, 0.25) is 0 Å². The zero-order valence-electron chi connectivity index (χ0n) is 12.7. The largest absolute Gasteiger partial charge is 0.370 e. The fraction of sp³-hybridized carbons (Fsp3) is 0.438. The fourth-order valence-electron chi connectivity index (χ4n) is 2.04. The number of aliphatic imine (C=N–C) groups is 1. The summed E-state index contributed by atoms with van der Waals surface area (Å²) in [7, 11) is 0. The first-order valence-corrected chi connectivity index (χ1v) is 7.18. The molecule has 1 aromatic carbocycles. The number of hydrogen-bond acceptors (Lipinski definition) is 2. The normalized spacial score (nSPS) is 14.4. The smallest absolute Gasteiger partial charge is 0.188 e. The lowest BCUT2D eigenvalue weighted by Gasteiger charge is -2.17. The van der Waals surface area contributed by atoms with Crippen LogP contribution < -0.4 is 16.0 Å². The van der Waals surface area contributed by atoms with Crippen molar-refractivity contribution in [3.63, 3.8) is 0 Å². The quantitative estimate of drug-likeness (QED) is 0.346. The molecule has 0 unspecified atom stereocenters. The number of nitrogens with one attached hydrogen (secondary N) is 1. The minimum absolute atomic E-state index is 0. The summed E-state index contributed by atoms with van der Waals surface area (Å²) in [5.41, 5.74) is 8.26. The van der Waals surface area contributed by atoms with Crippen molar-refractivity contribution >= 4 is 35.6 Å². The second kappa shape index (κ2) is 8.92. The number of guanidine groups is 1. The van der Waals surface area contributed by atoms with Crippen LogP contribution in [0.4, 0.5) is 5.69 Å². The van der Waals surface area contributed by atoms with E-state index >= 15 is 0 Å². The van der Waals surface area contributed by atoms with Gasteiger partial charge in [-0.2, -0.15) is 0 Å². The molecule has 0 bridgehead atoms. The molecule has 0 atom stereocenters. The Balaban J connectivity index is 0.00000220. The molecule has 1 heterocycles.